The highest BCUT2D eigenvalue weighted by Gasteiger charge is 2.05. The molecule has 0 radical (unpaired) electrons. The fourth-order valence-electron chi connectivity index (χ4n) is 1.41. The first-order chi connectivity index (χ1) is 8.13. The highest BCUT2D eigenvalue weighted by molar-refractivity contribution is 6.31. The Morgan fingerprint density at radius 3 is 2.82 bits per heavy atom. The second kappa shape index (κ2) is 7.61. The molecular formula is C12H17ClFNO2. The second-order valence-electron chi connectivity index (χ2n) is 3.81. The summed E-state index contributed by atoms with van der Waals surface area (Å²) in [5.41, 5.74) is 0.887. The van der Waals surface area contributed by atoms with Crippen LogP contribution >= 0.6 is 11.6 Å². The molecule has 1 N–H and O–H groups in total. The molecule has 0 atom stereocenters. The van der Waals surface area contributed by atoms with Crippen LogP contribution in [0.4, 0.5) is 4.39 Å². The minimum atomic E-state index is -0.326. The summed E-state index contributed by atoms with van der Waals surface area (Å²) in [5.74, 6) is -0.326. The van der Waals surface area contributed by atoms with E-state index in [0.717, 1.165) is 12.1 Å². The lowest BCUT2D eigenvalue weighted by atomic mass is 10.2. The van der Waals surface area contributed by atoms with E-state index in [0.29, 0.717) is 24.8 Å². The molecule has 0 amide bonds. The van der Waals surface area contributed by atoms with E-state index in [4.69, 9.17) is 21.4 Å². The van der Waals surface area contributed by atoms with Gasteiger partial charge < -0.3 is 9.84 Å². The van der Waals surface area contributed by atoms with Crippen LogP contribution in [0.25, 0.3) is 0 Å². The van der Waals surface area contributed by atoms with E-state index in [9.17, 15) is 4.39 Å². The lowest BCUT2D eigenvalue weighted by Crippen LogP contribution is -2.23. The molecule has 1 aromatic carbocycles. The molecule has 0 spiro atoms. The van der Waals surface area contributed by atoms with Crippen LogP contribution in [0.15, 0.2) is 18.2 Å². The molecule has 0 aliphatic heterocycles. The van der Waals surface area contributed by atoms with Crippen LogP contribution in [0.3, 0.4) is 0 Å². The van der Waals surface area contributed by atoms with Crippen molar-refractivity contribution in [2.24, 2.45) is 0 Å². The summed E-state index contributed by atoms with van der Waals surface area (Å²) in [4.78, 5) is 2.02. The largest absolute Gasteiger partial charge is 0.394 e. The zero-order valence-electron chi connectivity index (χ0n) is 9.83. The van der Waals surface area contributed by atoms with Crippen LogP contribution in [-0.4, -0.2) is 43.4 Å². The van der Waals surface area contributed by atoms with Gasteiger partial charge in [-0.2, -0.15) is 0 Å². The first kappa shape index (κ1) is 14.4. The number of nitrogens with zero attached hydrogens (tertiary/aromatic N) is 1. The van der Waals surface area contributed by atoms with Crippen molar-refractivity contribution < 1.29 is 14.2 Å². The molecule has 0 aromatic heterocycles. The number of rotatable bonds is 7. The van der Waals surface area contributed by atoms with Gasteiger partial charge in [-0.25, -0.2) is 4.39 Å². The number of likely N-dealkylation sites (N-methyl/N-ethyl adjacent to an activating group) is 1. The fraction of sp³-hybridized carbons (Fsp3) is 0.500. The maximum Gasteiger partial charge on any atom is 0.124 e. The molecular weight excluding hydrogens is 245 g/mol. The SMILES string of the molecule is CN(CCOCCO)Cc1ccc(F)cc1Cl. The zero-order chi connectivity index (χ0) is 12.7. The third-order valence-corrected chi connectivity index (χ3v) is 2.66. The number of aliphatic hydroxyl groups is 1. The number of halogens is 2. The fourth-order valence-corrected chi connectivity index (χ4v) is 1.63. The second-order valence-corrected chi connectivity index (χ2v) is 4.22. The Labute approximate surface area is 106 Å². The summed E-state index contributed by atoms with van der Waals surface area (Å²) in [6, 6.07) is 4.40. The van der Waals surface area contributed by atoms with Crippen molar-refractivity contribution in [1.82, 2.24) is 4.90 Å². The van der Waals surface area contributed by atoms with Crippen LogP contribution < -0.4 is 0 Å². The standard InChI is InChI=1S/C12H17ClFNO2/c1-15(4-6-17-7-5-16)9-10-2-3-11(14)8-12(10)13/h2-3,8,16H,4-7,9H2,1H3. The smallest absolute Gasteiger partial charge is 0.124 e. The molecule has 17 heavy (non-hydrogen) atoms. The number of hydrogen-bond donors (Lipinski definition) is 1. The summed E-state index contributed by atoms with van der Waals surface area (Å²) < 4.78 is 18.0. The summed E-state index contributed by atoms with van der Waals surface area (Å²) in [5, 5.41) is 8.98. The molecule has 0 aliphatic rings. The van der Waals surface area contributed by atoms with Gasteiger partial charge in [-0.05, 0) is 24.7 Å². The molecule has 0 saturated carbocycles. The lowest BCUT2D eigenvalue weighted by Gasteiger charge is -2.17. The lowest BCUT2D eigenvalue weighted by molar-refractivity contribution is 0.0773. The topological polar surface area (TPSA) is 32.7 Å². The Hall–Kier alpha value is -0.680. The number of benzene rings is 1. The molecule has 0 heterocycles. The van der Waals surface area contributed by atoms with E-state index in [-0.39, 0.29) is 12.4 Å². The molecule has 1 aromatic rings. The maximum absolute atomic E-state index is 12.8. The Kier molecular flexibility index (Phi) is 6.44. The summed E-state index contributed by atoms with van der Waals surface area (Å²) in [6.45, 7) is 2.31. The number of hydrogen-bond acceptors (Lipinski definition) is 3. The average molecular weight is 262 g/mol. The van der Waals surface area contributed by atoms with Crippen molar-refractivity contribution in [3.8, 4) is 0 Å². The van der Waals surface area contributed by atoms with E-state index in [1.165, 1.54) is 12.1 Å². The van der Waals surface area contributed by atoms with Gasteiger partial charge in [-0.1, -0.05) is 17.7 Å². The van der Waals surface area contributed by atoms with Crippen LogP contribution in [0, 0.1) is 5.82 Å². The van der Waals surface area contributed by atoms with Crippen LogP contribution in [0.1, 0.15) is 5.56 Å². The minimum absolute atomic E-state index is 0.0352. The Morgan fingerprint density at radius 2 is 2.18 bits per heavy atom. The molecule has 96 valence electrons. The summed E-state index contributed by atoms with van der Waals surface area (Å²) in [7, 11) is 1.93. The summed E-state index contributed by atoms with van der Waals surface area (Å²) >= 11 is 5.93. The van der Waals surface area contributed by atoms with Crippen molar-refractivity contribution >= 4 is 11.6 Å². The third-order valence-electron chi connectivity index (χ3n) is 2.31. The highest BCUT2D eigenvalue weighted by atomic mass is 35.5. The van der Waals surface area contributed by atoms with Crippen molar-refractivity contribution in [3.63, 3.8) is 0 Å². The molecule has 0 unspecified atom stereocenters. The minimum Gasteiger partial charge on any atom is -0.394 e. The summed E-state index contributed by atoms with van der Waals surface area (Å²) in [6.07, 6.45) is 0. The Balaban J connectivity index is 2.37. The van der Waals surface area contributed by atoms with Gasteiger partial charge in [0, 0.05) is 18.1 Å². The van der Waals surface area contributed by atoms with Gasteiger partial charge in [0.25, 0.3) is 0 Å². The number of aliphatic hydroxyl groups excluding tert-OH is 1. The first-order valence-corrected chi connectivity index (χ1v) is 5.82. The van der Waals surface area contributed by atoms with E-state index < -0.39 is 0 Å². The molecule has 5 heteroatoms. The van der Waals surface area contributed by atoms with E-state index in [2.05, 4.69) is 0 Å². The van der Waals surface area contributed by atoms with E-state index in [1.54, 1.807) is 6.07 Å². The van der Waals surface area contributed by atoms with E-state index >= 15 is 0 Å². The van der Waals surface area contributed by atoms with Crippen LogP contribution in [0.5, 0.6) is 0 Å². The molecule has 0 bridgehead atoms. The zero-order valence-corrected chi connectivity index (χ0v) is 10.6. The Morgan fingerprint density at radius 1 is 1.41 bits per heavy atom. The van der Waals surface area contributed by atoms with Crippen LogP contribution in [-0.2, 0) is 11.3 Å². The molecule has 0 aliphatic carbocycles. The monoisotopic (exact) mass is 261 g/mol. The molecule has 1 rings (SSSR count). The van der Waals surface area contributed by atoms with Gasteiger partial charge in [-0.3, -0.25) is 4.90 Å². The predicted molar refractivity (Wildman–Crippen MR) is 65.6 cm³/mol. The van der Waals surface area contributed by atoms with Gasteiger partial charge >= 0.3 is 0 Å². The van der Waals surface area contributed by atoms with Crippen molar-refractivity contribution in [1.29, 1.82) is 0 Å². The van der Waals surface area contributed by atoms with Gasteiger partial charge in [-0.15, -0.1) is 0 Å². The van der Waals surface area contributed by atoms with Crippen LogP contribution in [0.2, 0.25) is 5.02 Å². The molecule has 0 fully saturated rings. The Bertz CT molecular complexity index is 349. The van der Waals surface area contributed by atoms with E-state index in [1.807, 2.05) is 11.9 Å². The highest BCUT2D eigenvalue weighted by Crippen LogP contribution is 2.18. The van der Waals surface area contributed by atoms with Crippen molar-refractivity contribution in [2.75, 3.05) is 33.4 Å². The van der Waals surface area contributed by atoms with Crippen molar-refractivity contribution in [2.45, 2.75) is 6.54 Å². The van der Waals surface area contributed by atoms with Gasteiger partial charge in [0.05, 0.1) is 19.8 Å². The predicted octanol–water partition coefficient (Wildman–Crippen LogP) is 1.92. The normalized spacial score (nSPS) is 11.1. The maximum atomic E-state index is 12.8. The quantitative estimate of drug-likeness (QED) is 0.762. The third kappa shape index (κ3) is 5.46. The first-order valence-electron chi connectivity index (χ1n) is 5.44. The molecule has 0 saturated heterocycles. The van der Waals surface area contributed by atoms with Gasteiger partial charge in [0.2, 0.25) is 0 Å². The van der Waals surface area contributed by atoms with Gasteiger partial charge in [0.15, 0.2) is 0 Å². The average Bonchev–Trinajstić information content (AvgIpc) is 2.28. The van der Waals surface area contributed by atoms with Gasteiger partial charge in [0.1, 0.15) is 5.82 Å². The molecule has 3 nitrogen and oxygen atoms in total. The van der Waals surface area contributed by atoms with Crippen molar-refractivity contribution in [3.05, 3.63) is 34.6 Å². The number of ether oxygens (including phenoxy) is 1.